The molecule has 1 aliphatic rings. The molecule has 2 heterocycles. The van der Waals surface area contributed by atoms with Gasteiger partial charge >= 0.3 is 12.0 Å². The summed E-state index contributed by atoms with van der Waals surface area (Å²) in [4.78, 5) is 63.6. The molecule has 1 fully saturated rings. The molecule has 2 aromatic rings. The second-order valence-corrected chi connectivity index (χ2v) is 8.42. The molecule has 9 nitrogen and oxygen atoms in total. The predicted octanol–water partition coefficient (Wildman–Crippen LogP) is 2.84. The first-order chi connectivity index (χ1) is 15.1. The third kappa shape index (κ3) is 4.13. The van der Waals surface area contributed by atoms with Crippen molar-refractivity contribution in [3.05, 3.63) is 51.9 Å². The van der Waals surface area contributed by atoms with Crippen molar-refractivity contribution in [3.8, 4) is 0 Å². The first-order valence-corrected chi connectivity index (χ1v) is 10.7. The molecular formula is C22H23N3O6S. The molecular weight excluding hydrogens is 434 g/mol. The highest BCUT2D eigenvalue weighted by Crippen LogP contribution is 2.34. The van der Waals surface area contributed by atoms with Crippen molar-refractivity contribution in [2.75, 3.05) is 18.5 Å². The fourth-order valence-electron chi connectivity index (χ4n) is 3.50. The Kier molecular flexibility index (Phi) is 6.45. The molecule has 1 saturated heterocycles. The fraction of sp³-hybridized carbons (Fsp3) is 0.318. The van der Waals surface area contributed by atoms with Crippen LogP contribution in [0.1, 0.15) is 51.9 Å². The second-order valence-electron chi connectivity index (χ2n) is 7.40. The Labute approximate surface area is 188 Å². The van der Waals surface area contributed by atoms with Crippen molar-refractivity contribution in [1.29, 1.82) is 0 Å². The summed E-state index contributed by atoms with van der Waals surface area (Å²) in [5.41, 5.74) is -0.216. The Bertz CT molecular complexity index is 1110. The Balaban J connectivity index is 1.82. The number of imide groups is 1. The number of hydrogen-bond donors (Lipinski definition) is 2. The molecule has 1 aliphatic heterocycles. The maximum Gasteiger partial charge on any atom is 0.341 e. The zero-order valence-corrected chi connectivity index (χ0v) is 18.9. The Hall–Kier alpha value is -3.53. The van der Waals surface area contributed by atoms with Crippen LogP contribution in [0.15, 0.2) is 30.3 Å². The number of ketones is 1. The van der Waals surface area contributed by atoms with Crippen molar-refractivity contribution >= 4 is 45.9 Å². The van der Waals surface area contributed by atoms with Crippen LogP contribution in [0.5, 0.6) is 0 Å². The highest BCUT2D eigenvalue weighted by molar-refractivity contribution is 7.18. The summed E-state index contributed by atoms with van der Waals surface area (Å²) in [5, 5.41) is 5.32. The summed E-state index contributed by atoms with van der Waals surface area (Å²) in [6.45, 7) is 5.74. The van der Waals surface area contributed by atoms with Gasteiger partial charge in [-0.25, -0.2) is 9.59 Å². The minimum atomic E-state index is -1.30. The van der Waals surface area contributed by atoms with Gasteiger partial charge in [0.2, 0.25) is 5.91 Å². The molecule has 4 amide bonds. The third-order valence-electron chi connectivity index (χ3n) is 5.13. The smallest absolute Gasteiger partial charge is 0.341 e. The fourth-order valence-corrected chi connectivity index (χ4v) is 4.61. The van der Waals surface area contributed by atoms with Crippen LogP contribution in [-0.2, 0) is 19.9 Å². The monoisotopic (exact) mass is 457 g/mol. The lowest BCUT2D eigenvalue weighted by Gasteiger charge is -2.22. The SMILES string of the molecule is CCOC(=O)c1c(NC(=O)CN2C(=O)N[C@](C)(c3ccccc3)C2=O)sc(C(C)=O)c1C. The van der Waals surface area contributed by atoms with Gasteiger partial charge in [0, 0.05) is 0 Å². The van der Waals surface area contributed by atoms with Crippen LogP contribution in [0.4, 0.5) is 9.80 Å². The minimum absolute atomic E-state index is 0.0849. The summed E-state index contributed by atoms with van der Waals surface area (Å²) < 4.78 is 5.04. The average molecular weight is 458 g/mol. The average Bonchev–Trinajstić information content (AvgIpc) is 3.18. The second kappa shape index (κ2) is 8.91. The number of carbonyl (C=O) groups is 5. The van der Waals surface area contributed by atoms with Crippen molar-refractivity contribution in [2.24, 2.45) is 0 Å². The van der Waals surface area contributed by atoms with Gasteiger partial charge in [-0.2, -0.15) is 0 Å². The normalized spacial score (nSPS) is 17.8. The number of rotatable bonds is 7. The van der Waals surface area contributed by atoms with Crippen molar-refractivity contribution in [1.82, 2.24) is 10.2 Å². The molecule has 1 aromatic carbocycles. The summed E-state index contributed by atoms with van der Waals surface area (Å²) in [5.74, 6) is -2.18. The number of thiophene rings is 1. The molecule has 0 aliphatic carbocycles. The van der Waals surface area contributed by atoms with Gasteiger partial charge in [-0.1, -0.05) is 30.3 Å². The van der Waals surface area contributed by atoms with E-state index in [1.807, 2.05) is 0 Å². The van der Waals surface area contributed by atoms with Crippen molar-refractivity contribution in [3.63, 3.8) is 0 Å². The first kappa shape index (κ1) is 23.1. The number of nitrogens with one attached hydrogen (secondary N) is 2. The van der Waals surface area contributed by atoms with Gasteiger partial charge in [-0.05, 0) is 38.8 Å². The van der Waals surface area contributed by atoms with Gasteiger partial charge in [0.1, 0.15) is 17.1 Å². The lowest BCUT2D eigenvalue weighted by Crippen LogP contribution is -2.42. The zero-order chi connectivity index (χ0) is 23.6. The topological polar surface area (TPSA) is 122 Å². The molecule has 3 rings (SSSR count). The van der Waals surface area contributed by atoms with Gasteiger partial charge in [0.05, 0.1) is 17.0 Å². The number of ether oxygens (including phenoxy) is 1. The summed E-state index contributed by atoms with van der Waals surface area (Å²) in [6.07, 6.45) is 0. The van der Waals surface area contributed by atoms with E-state index >= 15 is 0 Å². The standard InChI is InChI=1S/C22H23N3O6S/c1-5-31-19(28)16-12(2)17(13(3)26)32-18(16)23-15(27)11-25-20(29)22(4,24-21(25)30)14-9-7-6-8-10-14/h6-10H,5,11H2,1-4H3,(H,23,27)(H,24,30)/t22-/m1/s1. The number of carbonyl (C=O) groups excluding carboxylic acids is 5. The van der Waals surface area contributed by atoms with Crippen molar-refractivity contribution in [2.45, 2.75) is 33.2 Å². The van der Waals surface area contributed by atoms with Gasteiger partial charge in [-0.15, -0.1) is 11.3 Å². The van der Waals surface area contributed by atoms with E-state index in [1.165, 1.54) is 6.92 Å². The van der Waals surface area contributed by atoms with Crippen LogP contribution in [0, 0.1) is 6.92 Å². The van der Waals surface area contributed by atoms with Crippen molar-refractivity contribution < 1.29 is 28.7 Å². The number of amides is 4. The Morgan fingerprint density at radius 3 is 2.44 bits per heavy atom. The minimum Gasteiger partial charge on any atom is -0.462 e. The molecule has 0 spiro atoms. The molecule has 2 N–H and O–H groups in total. The zero-order valence-electron chi connectivity index (χ0n) is 18.1. The van der Waals surface area contributed by atoms with E-state index in [2.05, 4.69) is 10.6 Å². The lowest BCUT2D eigenvalue weighted by atomic mass is 9.92. The Morgan fingerprint density at radius 2 is 1.84 bits per heavy atom. The number of nitrogens with zero attached hydrogens (tertiary/aromatic N) is 1. The third-order valence-corrected chi connectivity index (χ3v) is 6.43. The molecule has 0 saturated carbocycles. The molecule has 0 bridgehead atoms. The van der Waals surface area contributed by atoms with Crippen LogP contribution in [0.25, 0.3) is 0 Å². The van der Waals surface area contributed by atoms with Gasteiger partial charge < -0.3 is 15.4 Å². The lowest BCUT2D eigenvalue weighted by molar-refractivity contribution is -0.133. The summed E-state index contributed by atoms with van der Waals surface area (Å²) in [7, 11) is 0. The van der Waals surface area contributed by atoms with Crippen LogP contribution < -0.4 is 10.6 Å². The largest absolute Gasteiger partial charge is 0.462 e. The van der Waals surface area contributed by atoms with E-state index in [0.717, 1.165) is 16.2 Å². The van der Waals surface area contributed by atoms with E-state index in [-0.39, 0.29) is 23.0 Å². The molecule has 1 atom stereocenters. The molecule has 10 heteroatoms. The number of hydrogen-bond acceptors (Lipinski definition) is 7. The number of anilines is 1. The summed E-state index contributed by atoms with van der Waals surface area (Å²) in [6, 6.07) is 8.01. The van der Waals surface area contributed by atoms with Gasteiger partial charge in [0.15, 0.2) is 5.78 Å². The quantitative estimate of drug-likeness (QED) is 0.375. The van der Waals surface area contributed by atoms with E-state index in [9.17, 15) is 24.0 Å². The molecule has 0 unspecified atom stereocenters. The van der Waals surface area contributed by atoms with Gasteiger partial charge in [-0.3, -0.25) is 19.3 Å². The highest BCUT2D eigenvalue weighted by atomic mass is 32.1. The number of benzene rings is 1. The molecule has 1 aromatic heterocycles. The van der Waals surface area contributed by atoms with Crippen LogP contribution in [-0.4, -0.2) is 47.6 Å². The van der Waals surface area contributed by atoms with E-state index in [4.69, 9.17) is 4.74 Å². The van der Waals surface area contributed by atoms with E-state index in [0.29, 0.717) is 16.0 Å². The molecule has 32 heavy (non-hydrogen) atoms. The highest BCUT2D eigenvalue weighted by Gasteiger charge is 2.49. The van der Waals surface area contributed by atoms with Gasteiger partial charge in [0.25, 0.3) is 5.91 Å². The van der Waals surface area contributed by atoms with Crippen LogP contribution in [0.2, 0.25) is 0 Å². The summed E-state index contributed by atoms with van der Waals surface area (Å²) >= 11 is 0.947. The number of urea groups is 1. The number of Topliss-reactive ketones (excluding diaryl/α,β-unsaturated/α-hetero) is 1. The number of esters is 1. The molecule has 168 valence electrons. The molecule has 0 radical (unpaired) electrons. The predicted molar refractivity (Wildman–Crippen MR) is 118 cm³/mol. The van der Waals surface area contributed by atoms with E-state index < -0.39 is 35.9 Å². The maximum absolute atomic E-state index is 13.0. The maximum atomic E-state index is 13.0. The van der Waals surface area contributed by atoms with E-state index in [1.54, 1.807) is 51.1 Å². The first-order valence-electron chi connectivity index (χ1n) is 9.91. The van der Waals surface area contributed by atoms with Crippen LogP contribution in [0.3, 0.4) is 0 Å². The Morgan fingerprint density at radius 1 is 1.19 bits per heavy atom. The van der Waals surface area contributed by atoms with Crippen LogP contribution >= 0.6 is 11.3 Å².